The first kappa shape index (κ1) is 19.6. The second-order valence-corrected chi connectivity index (χ2v) is 9.33. The minimum atomic E-state index is -4.10. The van der Waals surface area contributed by atoms with Gasteiger partial charge in [-0.15, -0.1) is 0 Å². The topological polar surface area (TPSA) is 96.4 Å². The second kappa shape index (κ2) is 7.83. The molecule has 0 aliphatic heterocycles. The van der Waals surface area contributed by atoms with Crippen LogP contribution >= 0.6 is 15.9 Å². The smallest absolute Gasteiger partial charge is 0.266 e. The van der Waals surface area contributed by atoms with Crippen LogP contribution in [0.2, 0.25) is 0 Å². The summed E-state index contributed by atoms with van der Waals surface area (Å²) in [4.78, 5) is 4.32. The first-order chi connectivity index (χ1) is 12.8. The molecule has 0 saturated heterocycles. The molecule has 0 fully saturated rings. The zero-order valence-electron chi connectivity index (χ0n) is 14.2. The van der Waals surface area contributed by atoms with Crippen LogP contribution in [-0.2, 0) is 20.7 Å². The summed E-state index contributed by atoms with van der Waals surface area (Å²) < 4.78 is 50.5. The molecule has 1 N–H and O–H groups in total. The van der Waals surface area contributed by atoms with Gasteiger partial charge in [0.1, 0.15) is 11.7 Å². The van der Waals surface area contributed by atoms with Crippen molar-refractivity contribution >= 4 is 59.1 Å². The molecule has 142 valence electrons. The molecule has 1 heterocycles. The number of hydrogen-bond acceptors (Lipinski definition) is 6. The van der Waals surface area contributed by atoms with E-state index in [1.165, 1.54) is 18.2 Å². The Kier molecular flexibility index (Phi) is 5.68. The van der Waals surface area contributed by atoms with E-state index < -0.39 is 26.6 Å². The number of aromatic nitrogens is 1. The minimum Gasteiger partial charge on any atom is -0.388 e. The van der Waals surface area contributed by atoms with E-state index in [2.05, 4.69) is 26.2 Å². The summed E-state index contributed by atoms with van der Waals surface area (Å²) in [6.07, 6.45) is 0. The highest BCUT2D eigenvalue weighted by atomic mass is 79.9. The van der Waals surface area contributed by atoms with Gasteiger partial charge in [0.2, 0.25) is 0 Å². The van der Waals surface area contributed by atoms with Gasteiger partial charge in [-0.3, -0.25) is 0 Å². The van der Waals surface area contributed by atoms with Crippen molar-refractivity contribution in [1.82, 2.24) is 4.98 Å². The summed E-state index contributed by atoms with van der Waals surface area (Å²) in [5.74, 6) is -0.651. The monoisotopic (exact) mass is 469 g/mol. The second-order valence-electron chi connectivity index (χ2n) is 5.61. The Morgan fingerprint density at radius 3 is 2.41 bits per heavy atom. The number of nitrogens with zero attached hydrogens (tertiary/aromatic N) is 2. The van der Waals surface area contributed by atoms with Crippen molar-refractivity contribution in [1.29, 1.82) is 0 Å². The fourth-order valence-electron chi connectivity index (χ4n) is 2.52. The lowest BCUT2D eigenvalue weighted by Crippen LogP contribution is -2.33. The van der Waals surface area contributed by atoms with Crippen LogP contribution in [0.1, 0.15) is 0 Å². The molecule has 0 atom stereocenters. The Morgan fingerprint density at radius 1 is 1.07 bits per heavy atom. The van der Waals surface area contributed by atoms with Crippen molar-refractivity contribution in [2.75, 3.05) is 22.5 Å². The van der Waals surface area contributed by atoms with Crippen LogP contribution in [0.4, 0.5) is 11.5 Å². The number of sulfonamides is 1. The fourth-order valence-corrected chi connectivity index (χ4v) is 5.23. The van der Waals surface area contributed by atoms with Crippen molar-refractivity contribution in [2.45, 2.75) is 4.90 Å². The van der Waals surface area contributed by atoms with Crippen LogP contribution in [0, 0.1) is 0 Å². The van der Waals surface area contributed by atoms with Crippen LogP contribution in [-0.4, -0.2) is 34.7 Å². The number of pyridine rings is 1. The van der Waals surface area contributed by atoms with Gasteiger partial charge in [0.15, 0.2) is 10.7 Å². The molecule has 0 amide bonds. The average molecular weight is 470 g/mol. The molecule has 3 aromatic rings. The average Bonchev–Trinajstić information content (AvgIpc) is 2.65. The molecule has 10 heteroatoms. The lowest BCUT2D eigenvalue weighted by atomic mass is 10.2. The third-order valence-electron chi connectivity index (χ3n) is 3.87. The number of anilines is 2. The van der Waals surface area contributed by atoms with E-state index in [9.17, 15) is 16.8 Å². The molecule has 0 unspecified atom stereocenters. The molecule has 3 rings (SSSR count). The van der Waals surface area contributed by atoms with Gasteiger partial charge in [-0.2, -0.15) is 0 Å². The van der Waals surface area contributed by atoms with Gasteiger partial charge >= 0.3 is 0 Å². The Balaban J connectivity index is 2.11. The molecule has 0 spiro atoms. The van der Waals surface area contributed by atoms with Crippen LogP contribution in [0.25, 0.3) is 10.9 Å². The first-order valence-corrected chi connectivity index (χ1v) is 11.4. The molecular weight excluding hydrogens is 454 g/mol. The van der Waals surface area contributed by atoms with E-state index in [0.29, 0.717) is 5.52 Å². The van der Waals surface area contributed by atoms with Crippen molar-refractivity contribution < 1.29 is 16.8 Å². The van der Waals surface area contributed by atoms with Gasteiger partial charge in [-0.25, -0.2) is 26.1 Å². The van der Waals surface area contributed by atoms with Gasteiger partial charge in [0, 0.05) is 22.6 Å². The first-order valence-electron chi connectivity index (χ1n) is 7.80. The van der Waals surface area contributed by atoms with Gasteiger partial charge in [-0.1, -0.05) is 15.9 Å². The zero-order valence-corrected chi connectivity index (χ0v) is 17.5. The maximum Gasteiger partial charge on any atom is 0.266 e. The molecule has 0 bridgehead atoms. The molecule has 1 aromatic heterocycles. The standard InChI is InChI=1S/C17H16BrN3O4S2/c1-19-14-4-6-15(7-5-14)27(24,25)21(11-26(22)23)17-9-2-12-10-13(18)3-8-16(12)20-17/h2-10,19,26H,11H2,1H3. The highest BCUT2D eigenvalue weighted by molar-refractivity contribution is 9.10. The number of rotatable bonds is 6. The van der Waals surface area contributed by atoms with E-state index >= 15 is 0 Å². The summed E-state index contributed by atoms with van der Waals surface area (Å²) in [5, 5.41) is 3.70. The van der Waals surface area contributed by atoms with Gasteiger partial charge in [-0.05, 0) is 54.6 Å². The Hall–Kier alpha value is -2.17. The Morgan fingerprint density at radius 2 is 1.78 bits per heavy atom. The van der Waals surface area contributed by atoms with Gasteiger partial charge in [0.05, 0.1) is 10.4 Å². The predicted molar refractivity (Wildman–Crippen MR) is 110 cm³/mol. The Labute approximate surface area is 167 Å². The third-order valence-corrected chi connectivity index (χ3v) is 6.83. The normalized spacial score (nSPS) is 11.7. The number of nitrogens with one attached hydrogen (secondary N) is 1. The van der Waals surface area contributed by atoms with Crippen molar-refractivity contribution in [3.63, 3.8) is 0 Å². The lowest BCUT2D eigenvalue weighted by molar-refractivity contribution is 0.589. The van der Waals surface area contributed by atoms with E-state index in [4.69, 9.17) is 0 Å². The molecule has 0 aliphatic rings. The van der Waals surface area contributed by atoms with Gasteiger partial charge in [0.25, 0.3) is 10.0 Å². The highest BCUT2D eigenvalue weighted by Gasteiger charge is 2.27. The molecule has 0 saturated carbocycles. The van der Waals surface area contributed by atoms with Gasteiger partial charge < -0.3 is 5.32 Å². The Bertz CT molecular complexity index is 1150. The van der Waals surface area contributed by atoms with Crippen LogP contribution in [0.5, 0.6) is 0 Å². The summed E-state index contributed by atoms with van der Waals surface area (Å²) >= 11 is 3.37. The third kappa shape index (κ3) is 4.23. The molecular formula is C17H16BrN3O4S2. The maximum absolute atomic E-state index is 13.0. The predicted octanol–water partition coefficient (Wildman–Crippen LogP) is 2.80. The van der Waals surface area contributed by atoms with Crippen LogP contribution in [0.3, 0.4) is 0 Å². The minimum absolute atomic E-state index is 0.0175. The molecule has 7 nitrogen and oxygen atoms in total. The van der Waals surface area contributed by atoms with E-state index in [0.717, 1.165) is 19.9 Å². The van der Waals surface area contributed by atoms with E-state index in [-0.39, 0.29) is 10.7 Å². The number of benzene rings is 2. The van der Waals surface area contributed by atoms with Crippen LogP contribution < -0.4 is 9.62 Å². The highest BCUT2D eigenvalue weighted by Crippen LogP contribution is 2.26. The number of halogens is 1. The van der Waals surface area contributed by atoms with E-state index in [1.54, 1.807) is 37.4 Å². The number of hydrogen-bond donors (Lipinski definition) is 2. The van der Waals surface area contributed by atoms with Crippen molar-refractivity contribution in [3.05, 3.63) is 59.1 Å². The zero-order chi connectivity index (χ0) is 19.6. The molecule has 0 aliphatic carbocycles. The quantitative estimate of drug-likeness (QED) is 0.538. The summed E-state index contributed by atoms with van der Waals surface area (Å²) in [7, 11) is -5.37. The SMILES string of the molecule is CNc1ccc(S(=O)(=O)N(C[SH](=O)=O)c2ccc3cc(Br)ccc3n2)cc1. The molecule has 27 heavy (non-hydrogen) atoms. The number of thiol groups is 1. The molecule has 2 aromatic carbocycles. The summed E-state index contributed by atoms with van der Waals surface area (Å²) in [6, 6.07) is 14.6. The summed E-state index contributed by atoms with van der Waals surface area (Å²) in [6.45, 7) is 0. The summed E-state index contributed by atoms with van der Waals surface area (Å²) in [5.41, 5.74) is 1.30. The van der Waals surface area contributed by atoms with Crippen molar-refractivity contribution in [2.24, 2.45) is 0 Å². The maximum atomic E-state index is 13.0. The fraction of sp³-hybridized carbons (Fsp3) is 0.118. The lowest BCUT2D eigenvalue weighted by Gasteiger charge is -2.21. The molecule has 0 radical (unpaired) electrons. The van der Waals surface area contributed by atoms with E-state index in [1.807, 2.05) is 6.07 Å². The van der Waals surface area contributed by atoms with Crippen molar-refractivity contribution in [3.8, 4) is 0 Å². The largest absolute Gasteiger partial charge is 0.388 e. The van der Waals surface area contributed by atoms with Crippen LogP contribution in [0.15, 0.2) is 64.0 Å². The number of fused-ring (bicyclic) bond motifs is 1.